The predicted molar refractivity (Wildman–Crippen MR) is 40.3 cm³/mol. The predicted octanol–water partition coefficient (Wildman–Crippen LogP) is 1.26. The van der Waals surface area contributed by atoms with Gasteiger partial charge < -0.3 is 9.84 Å². The van der Waals surface area contributed by atoms with Crippen LogP contribution in [0, 0.1) is 0 Å². The number of carbonyl (C=O) groups is 1. The van der Waals surface area contributed by atoms with Crippen molar-refractivity contribution in [3.8, 4) is 5.06 Å². The van der Waals surface area contributed by atoms with Crippen LogP contribution in [0.2, 0.25) is 4.47 Å². The van der Waals surface area contributed by atoms with Crippen LogP contribution in [-0.2, 0) is 4.79 Å². The third-order valence-electron chi connectivity index (χ3n) is 0.794. The van der Waals surface area contributed by atoms with Crippen LogP contribution in [0.15, 0.2) is 6.20 Å². The quantitative estimate of drug-likeness (QED) is 0.785. The van der Waals surface area contributed by atoms with Crippen LogP contribution in [-0.4, -0.2) is 22.7 Å². The Kier molecular flexibility index (Phi) is 2.67. The van der Waals surface area contributed by atoms with Gasteiger partial charge in [-0.1, -0.05) is 22.9 Å². The standard InChI is InChI=1S/C5H4ClNO3S/c6-5-7-1-4(11-5)10-2-3(8)9/h1H,2H2,(H,8,9). The van der Waals surface area contributed by atoms with E-state index in [1.54, 1.807) is 0 Å². The van der Waals surface area contributed by atoms with Crippen molar-refractivity contribution in [3.63, 3.8) is 0 Å². The Morgan fingerprint density at radius 3 is 3.09 bits per heavy atom. The molecular weight excluding hydrogens is 190 g/mol. The van der Waals surface area contributed by atoms with E-state index < -0.39 is 5.97 Å². The maximum Gasteiger partial charge on any atom is 0.341 e. The zero-order valence-corrected chi connectivity index (χ0v) is 6.85. The highest BCUT2D eigenvalue weighted by molar-refractivity contribution is 7.17. The number of rotatable bonds is 3. The summed E-state index contributed by atoms with van der Waals surface area (Å²) in [7, 11) is 0. The van der Waals surface area contributed by atoms with Crippen molar-refractivity contribution < 1.29 is 14.6 Å². The first-order chi connectivity index (χ1) is 5.18. The summed E-state index contributed by atoms with van der Waals surface area (Å²) >= 11 is 6.55. The zero-order valence-electron chi connectivity index (χ0n) is 5.28. The number of hydrogen-bond donors (Lipinski definition) is 1. The monoisotopic (exact) mass is 193 g/mol. The molecule has 0 aliphatic carbocycles. The molecule has 6 heteroatoms. The molecule has 1 aromatic heterocycles. The van der Waals surface area contributed by atoms with Crippen LogP contribution in [0.25, 0.3) is 0 Å². The molecule has 0 amide bonds. The molecule has 0 aliphatic rings. The van der Waals surface area contributed by atoms with E-state index in [1.165, 1.54) is 6.20 Å². The summed E-state index contributed by atoms with van der Waals surface area (Å²) in [4.78, 5) is 13.7. The molecule has 0 aliphatic heterocycles. The summed E-state index contributed by atoms with van der Waals surface area (Å²) in [6.07, 6.45) is 1.38. The van der Waals surface area contributed by atoms with Gasteiger partial charge in [-0.05, 0) is 0 Å². The van der Waals surface area contributed by atoms with Crippen molar-refractivity contribution in [3.05, 3.63) is 10.7 Å². The maximum atomic E-state index is 10.0. The fraction of sp³-hybridized carbons (Fsp3) is 0.200. The highest BCUT2D eigenvalue weighted by atomic mass is 35.5. The molecule has 0 saturated heterocycles. The molecule has 0 atom stereocenters. The minimum atomic E-state index is -1.02. The van der Waals surface area contributed by atoms with Gasteiger partial charge in [-0.25, -0.2) is 9.78 Å². The lowest BCUT2D eigenvalue weighted by Gasteiger charge is -1.94. The minimum absolute atomic E-state index is 0.338. The van der Waals surface area contributed by atoms with Gasteiger partial charge in [-0.2, -0.15) is 0 Å². The van der Waals surface area contributed by atoms with Gasteiger partial charge in [0.2, 0.25) is 0 Å². The molecule has 1 rings (SSSR count). The first-order valence-electron chi connectivity index (χ1n) is 2.64. The van der Waals surface area contributed by atoms with Crippen LogP contribution in [0.4, 0.5) is 0 Å². The fourth-order valence-electron chi connectivity index (χ4n) is 0.439. The molecular formula is C5H4ClNO3S. The number of aliphatic carboxylic acids is 1. The number of hydrogen-bond acceptors (Lipinski definition) is 4. The van der Waals surface area contributed by atoms with Gasteiger partial charge in [0, 0.05) is 0 Å². The lowest BCUT2D eigenvalue weighted by Crippen LogP contribution is -2.08. The lowest BCUT2D eigenvalue weighted by atomic mass is 10.7. The number of carboxylic acid groups (broad SMARTS) is 1. The normalized spacial score (nSPS) is 9.55. The van der Waals surface area contributed by atoms with E-state index in [9.17, 15) is 4.79 Å². The van der Waals surface area contributed by atoms with E-state index in [2.05, 4.69) is 4.98 Å². The number of halogens is 1. The van der Waals surface area contributed by atoms with Gasteiger partial charge in [-0.3, -0.25) is 0 Å². The van der Waals surface area contributed by atoms with E-state index in [4.69, 9.17) is 21.4 Å². The van der Waals surface area contributed by atoms with Crippen molar-refractivity contribution in [1.29, 1.82) is 0 Å². The average Bonchev–Trinajstić information content (AvgIpc) is 2.31. The molecule has 0 saturated carbocycles. The number of aromatic nitrogens is 1. The van der Waals surface area contributed by atoms with Crippen molar-refractivity contribution in [2.75, 3.05) is 6.61 Å². The molecule has 0 aromatic carbocycles. The summed E-state index contributed by atoms with van der Waals surface area (Å²) in [6, 6.07) is 0. The largest absolute Gasteiger partial charge is 0.479 e. The zero-order chi connectivity index (χ0) is 8.27. The van der Waals surface area contributed by atoms with E-state index in [0.29, 0.717) is 9.53 Å². The highest BCUT2D eigenvalue weighted by Crippen LogP contribution is 2.24. The molecule has 4 nitrogen and oxygen atoms in total. The molecule has 60 valence electrons. The fourth-order valence-corrected chi connectivity index (χ4v) is 1.21. The van der Waals surface area contributed by atoms with Crippen molar-refractivity contribution >= 4 is 28.9 Å². The first kappa shape index (κ1) is 8.29. The second-order valence-corrected chi connectivity index (χ2v) is 3.19. The Hall–Kier alpha value is -0.810. The third-order valence-corrected chi connectivity index (χ3v) is 1.82. The molecule has 0 spiro atoms. The van der Waals surface area contributed by atoms with Crippen molar-refractivity contribution in [1.82, 2.24) is 4.98 Å². The van der Waals surface area contributed by atoms with Gasteiger partial charge >= 0.3 is 5.97 Å². The molecule has 1 N–H and O–H groups in total. The van der Waals surface area contributed by atoms with E-state index in [1.807, 2.05) is 0 Å². The summed E-state index contributed by atoms with van der Waals surface area (Å²) < 4.78 is 5.10. The maximum absolute atomic E-state index is 10.0. The van der Waals surface area contributed by atoms with Gasteiger partial charge in [0.1, 0.15) is 0 Å². The Balaban J connectivity index is 2.45. The number of nitrogens with zero attached hydrogens (tertiary/aromatic N) is 1. The van der Waals surface area contributed by atoms with Crippen molar-refractivity contribution in [2.45, 2.75) is 0 Å². The first-order valence-corrected chi connectivity index (χ1v) is 3.84. The Bertz CT molecular complexity index is 262. The SMILES string of the molecule is O=C(O)COc1cnc(Cl)s1. The second-order valence-electron chi connectivity index (χ2n) is 1.61. The summed E-state index contributed by atoms with van der Waals surface area (Å²) in [6.45, 7) is -0.363. The van der Waals surface area contributed by atoms with Gasteiger partial charge in [0.15, 0.2) is 16.1 Å². The number of ether oxygens (including phenoxy) is 1. The van der Waals surface area contributed by atoms with E-state index >= 15 is 0 Å². The van der Waals surface area contributed by atoms with Crippen LogP contribution in [0.5, 0.6) is 5.06 Å². The second kappa shape index (κ2) is 3.54. The molecule has 0 bridgehead atoms. The molecule has 11 heavy (non-hydrogen) atoms. The number of thiazole rings is 1. The molecule has 0 unspecified atom stereocenters. The highest BCUT2D eigenvalue weighted by Gasteiger charge is 2.02. The minimum Gasteiger partial charge on any atom is -0.479 e. The third kappa shape index (κ3) is 2.73. The topological polar surface area (TPSA) is 59.4 Å². The van der Waals surface area contributed by atoms with Crippen molar-refractivity contribution in [2.24, 2.45) is 0 Å². The number of carboxylic acids is 1. The van der Waals surface area contributed by atoms with Crippen LogP contribution in [0.1, 0.15) is 0 Å². The van der Waals surface area contributed by atoms with Crippen LogP contribution >= 0.6 is 22.9 Å². The van der Waals surface area contributed by atoms with Crippen LogP contribution in [0.3, 0.4) is 0 Å². The van der Waals surface area contributed by atoms with E-state index in [-0.39, 0.29) is 6.61 Å². The molecule has 1 aromatic rings. The molecule has 1 heterocycles. The molecule has 0 radical (unpaired) electrons. The van der Waals surface area contributed by atoms with E-state index in [0.717, 1.165) is 11.3 Å². The summed E-state index contributed by atoms with van der Waals surface area (Å²) in [5.41, 5.74) is 0. The Morgan fingerprint density at radius 2 is 2.64 bits per heavy atom. The van der Waals surface area contributed by atoms with Gasteiger partial charge in [0.25, 0.3) is 0 Å². The smallest absolute Gasteiger partial charge is 0.341 e. The lowest BCUT2D eigenvalue weighted by molar-refractivity contribution is -0.139. The van der Waals surface area contributed by atoms with Gasteiger partial charge in [-0.15, -0.1) is 0 Å². The van der Waals surface area contributed by atoms with Gasteiger partial charge in [0.05, 0.1) is 6.20 Å². The Morgan fingerprint density at radius 1 is 1.91 bits per heavy atom. The Labute approximate surface area is 71.4 Å². The van der Waals surface area contributed by atoms with Crippen LogP contribution < -0.4 is 4.74 Å². The summed E-state index contributed by atoms with van der Waals surface area (Å²) in [5, 5.41) is 8.62. The average molecular weight is 194 g/mol. The summed E-state index contributed by atoms with van der Waals surface area (Å²) in [5.74, 6) is -1.02. The molecule has 0 fully saturated rings.